The van der Waals surface area contributed by atoms with E-state index in [9.17, 15) is 4.79 Å². The highest BCUT2D eigenvalue weighted by atomic mass is 16.1. The van der Waals surface area contributed by atoms with E-state index in [0.717, 1.165) is 5.92 Å². The molecule has 2 bridgehead atoms. The summed E-state index contributed by atoms with van der Waals surface area (Å²) in [6, 6.07) is 0. The van der Waals surface area contributed by atoms with Crippen molar-refractivity contribution in [3.05, 3.63) is 12.2 Å². The molecule has 3 aliphatic rings. The van der Waals surface area contributed by atoms with Crippen molar-refractivity contribution in [3.8, 4) is 0 Å². The van der Waals surface area contributed by atoms with Crippen LogP contribution in [0.1, 0.15) is 157 Å². The zero-order valence-electron chi connectivity index (χ0n) is 28.5. The molecule has 0 N–H and O–H groups in total. The van der Waals surface area contributed by atoms with Crippen molar-refractivity contribution in [2.45, 2.75) is 157 Å². The monoisotopic (exact) mass is 505 g/mol. The minimum absolute atomic E-state index is 0.255. The van der Waals surface area contributed by atoms with E-state index in [4.69, 9.17) is 0 Å². The van der Waals surface area contributed by atoms with Gasteiger partial charge in [0.1, 0.15) is 5.78 Å². The fourth-order valence-corrected chi connectivity index (χ4v) is 8.56. The molecule has 0 amide bonds. The Hall–Kier alpha value is -0.590. The van der Waals surface area contributed by atoms with Gasteiger partial charge in [0.15, 0.2) is 0 Å². The Morgan fingerprint density at radius 1 is 0.750 bits per heavy atom. The lowest BCUT2D eigenvalue weighted by molar-refractivity contribution is -0.164. The van der Waals surface area contributed by atoms with Gasteiger partial charge in [0.05, 0.1) is 0 Å². The highest BCUT2D eigenvalue weighted by Gasteiger charge is 2.84. The van der Waals surface area contributed by atoms with Gasteiger partial charge in [-0.2, -0.15) is 0 Å². The van der Waals surface area contributed by atoms with E-state index in [1.807, 2.05) is 6.92 Å². The lowest BCUT2D eigenvalue weighted by atomic mass is 9.40. The van der Waals surface area contributed by atoms with Crippen LogP contribution in [0, 0.1) is 49.2 Å². The third-order valence-corrected chi connectivity index (χ3v) is 11.4. The maximum atomic E-state index is 9.81. The largest absolute Gasteiger partial charge is 0.300 e. The number of hydrogen-bond acceptors (Lipinski definition) is 1. The predicted molar refractivity (Wildman–Crippen MR) is 163 cm³/mol. The molecule has 3 rings (SSSR count). The van der Waals surface area contributed by atoms with Crippen LogP contribution in [0.4, 0.5) is 0 Å². The first-order chi connectivity index (χ1) is 15.6. The van der Waals surface area contributed by atoms with Gasteiger partial charge in [0, 0.05) is 6.42 Å². The molecule has 0 unspecified atom stereocenters. The minimum atomic E-state index is 0.255. The highest BCUT2D eigenvalue weighted by molar-refractivity contribution is 5.74. The van der Waals surface area contributed by atoms with Crippen LogP contribution in [-0.2, 0) is 4.79 Å². The molecule has 1 nitrogen and oxygen atoms in total. The quantitative estimate of drug-likeness (QED) is 0.324. The lowest BCUT2D eigenvalue weighted by Crippen LogP contribution is -2.58. The zero-order valence-corrected chi connectivity index (χ0v) is 28.5. The van der Waals surface area contributed by atoms with Crippen LogP contribution in [0.3, 0.4) is 0 Å². The minimum Gasteiger partial charge on any atom is -0.300 e. The van der Waals surface area contributed by atoms with Gasteiger partial charge in [0.25, 0.3) is 0 Å². The molecule has 0 aromatic heterocycles. The van der Waals surface area contributed by atoms with Gasteiger partial charge < -0.3 is 4.79 Å². The standard InChI is InChI=1S/C18H34.C8H14.C5H12.C4H8O/c1-13(2)12-14(3,4)17(9,10)18(11,15(12,5)6)16(13,7)8;1-8(2)6-4-3-5-7-8;1-5(2,3)4;1-3-4(2)5/h12H,1-11H3;4,6H,3,5,7H2,1-2H3;1-4H3;3H2,1-2H3. The summed E-state index contributed by atoms with van der Waals surface area (Å²) in [5.74, 6) is 1.03. The molecular formula is C35H68O. The van der Waals surface area contributed by atoms with Crippen molar-refractivity contribution in [3.63, 3.8) is 0 Å². The number of fused-ring (bicyclic) bond motifs is 2. The zero-order chi connectivity index (χ0) is 29.4. The summed E-state index contributed by atoms with van der Waals surface area (Å²) in [6.45, 7) is 44.5. The van der Waals surface area contributed by atoms with Gasteiger partial charge in [-0.3, -0.25) is 0 Å². The first-order valence-electron chi connectivity index (χ1n) is 14.8. The second kappa shape index (κ2) is 10.9. The van der Waals surface area contributed by atoms with Crippen LogP contribution >= 0.6 is 0 Å². The molecule has 214 valence electrons. The van der Waals surface area contributed by atoms with Gasteiger partial charge in [-0.05, 0) is 75.4 Å². The van der Waals surface area contributed by atoms with E-state index in [1.54, 1.807) is 6.92 Å². The Morgan fingerprint density at radius 2 is 1.08 bits per heavy atom. The topological polar surface area (TPSA) is 17.1 Å². The fraction of sp³-hybridized carbons (Fsp3) is 0.914. The van der Waals surface area contributed by atoms with Crippen molar-refractivity contribution in [2.75, 3.05) is 0 Å². The number of Topliss-reactive ketones (excluding diaryl/α,β-unsaturated/α-hetero) is 1. The van der Waals surface area contributed by atoms with Crippen LogP contribution in [0.5, 0.6) is 0 Å². The van der Waals surface area contributed by atoms with E-state index in [2.05, 4.69) is 130 Å². The second-order valence-corrected chi connectivity index (χ2v) is 17.3. The van der Waals surface area contributed by atoms with Crippen LogP contribution in [0.15, 0.2) is 12.2 Å². The molecular weight excluding hydrogens is 436 g/mol. The molecule has 2 saturated carbocycles. The normalized spacial score (nSPS) is 31.0. The second-order valence-electron chi connectivity index (χ2n) is 17.3. The van der Waals surface area contributed by atoms with E-state index in [-0.39, 0.29) is 5.78 Å². The molecule has 36 heavy (non-hydrogen) atoms. The Morgan fingerprint density at radius 3 is 1.22 bits per heavy atom. The predicted octanol–water partition coefficient (Wildman–Crippen LogP) is 11.6. The van der Waals surface area contributed by atoms with Crippen LogP contribution in [0.25, 0.3) is 0 Å². The van der Waals surface area contributed by atoms with Crippen molar-refractivity contribution in [2.24, 2.45) is 49.2 Å². The Balaban J connectivity index is 0.000000560. The Bertz CT molecular complexity index is 727. The lowest BCUT2D eigenvalue weighted by Gasteiger charge is -2.64. The number of carbonyl (C=O) groups excluding carboxylic acids is 1. The summed E-state index contributed by atoms with van der Waals surface area (Å²) in [5, 5.41) is 0. The summed E-state index contributed by atoms with van der Waals surface area (Å²) in [5.41, 5.74) is 3.28. The van der Waals surface area contributed by atoms with Crippen LogP contribution < -0.4 is 0 Å². The molecule has 0 aromatic rings. The summed E-state index contributed by atoms with van der Waals surface area (Å²) >= 11 is 0. The molecule has 0 heterocycles. The van der Waals surface area contributed by atoms with Gasteiger partial charge >= 0.3 is 0 Å². The van der Waals surface area contributed by atoms with Crippen LogP contribution in [0.2, 0.25) is 0 Å². The first-order valence-corrected chi connectivity index (χ1v) is 14.8. The third-order valence-electron chi connectivity index (χ3n) is 11.4. The number of hydrogen-bond donors (Lipinski definition) is 0. The highest BCUT2D eigenvalue weighted by Crippen LogP contribution is 2.89. The fourth-order valence-electron chi connectivity index (χ4n) is 8.56. The molecule has 1 heteroatoms. The SMILES string of the molecule is CC(C)(C)C.CC1(C)C2C(C)(C)C(C)(C)C(C)(C2(C)C)C1(C)C.CC1(C)C=CCCC1.CCC(C)=O. The third kappa shape index (κ3) is 6.34. The van der Waals surface area contributed by atoms with E-state index < -0.39 is 0 Å². The number of carbonyl (C=O) groups is 1. The van der Waals surface area contributed by atoms with E-state index in [1.165, 1.54) is 19.3 Å². The molecule has 0 aliphatic heterocycles. The van der Waals surface area contributed by atoms with Gasteiger partial charge in [-0.1, -0.05) is 137 Å². The van der Waals surface area contributed by atoms with Gasteiger partial charge in [-0.15, -0.1) is 0 Å². The summed E-state index contributed by atoms with van der Waals surface area (Å²) in [4.78, 5) is 9.81. The molecule has 0 aromatic carbocycles. The van der Waals surface area contributed by atoms with Gasteiger partial charge in [0.2, 0.25) is 0 Å². The molecule has 0 atom stereocenters. The average molecular weight is 505 g/mol. The number of ketones is 1. The van der Waals surface area contributed by atoms with Gasteiger partial charge in [-0.25, -0.2) is 0 Å². The molecule has 3 aliphatic carbocycles. The molecule has 0 saturated heterocycles. The average Bonchev–Trinajstić information content (AvgIpc) is 2.79. The molecule has 0 spiro atoms. The van der Waals surface area contributed by atoms with Crippen molar-refractivity contribution in [1.29, 1.82) is 0 Å². The van der Waals surface area contributed by atoms with Crippen molar-refractivity contribution >= 4 is 5.78 Å². The molecule has 2 fully saturated rings. The maximum absolute atomic E-state index is 9.81. The number of rotatable bonds is 1. The summed E-state index contributed by atoms with van der Waals surface area (Å²) < 4.78 is 0. The Kier molecular flexibility index (Phi) is 10.7. The molecule has 0 radical (unpaired) electrons. The number of allylic oxidation sites excluding steroid dienone is 2. The van der Waals surface area contributed by atoms with Crippen molar-refractivity contribution < 1.29 is 4.79 Å². The smallest absolute Gasteiger partial charge is 0.129 e. The maximum Gasteiger partial charge on any atom is 0.129 e. The van der Waals surface area contributed by atoms with E-state index >= 15 is 0 Å². The van der Waals surface area contributed by atoms with E-state index in [0.29, 0.717) is 49.7 Å². The van der Waals surface area contributed by atoms with Crippen molar-refractivity contribution in [1.82, 2.24) is 0 Å². The summed E-state index contributed by atoms with van der Waals surface area (Å²) in [6.07, 6.45) is 9.33. The summed E-state index contributed by atoms with van der Waals surface area (Å²) in [7, 11) is 0. The van der Waals surface area contributed by atoms with Crippen LogP contribution in [-0.4, -0.2) is 5.78 Å². The Labute approximate surface area is 229 Å². The first kappa shape index (κ1) is 35.4.